The van der Waals surface area contributed by atoms with Crippen molar-refractivity contribution in [3.63, 3.8) is 0 Å². The van der Waals surface area contributed by atoms with E-state index in [9.17, 15) is 75.7 Å². The Balaban J connectivity index is 1.07. The third kappa shape index (κ3) is 9.74. The van der Waals surface area contributed by atoms with Gasteiger partial charge in [-0.25, -0.2) is 4.79 Å². The number of aromatic hydroxyl groups is 1. The minimum absolute atomic E-state index is 0.0534. The van der Waals surface area contributed by atoms with Crippen LogP contribution in [0.1, 0.15) is 24.5 Å². The van der Waals surface area contributed by atoms with Crippen LogP contribution in [0.3, 0.4) is 0 Å². The van der Waals surface area contributed by atoms with Gasteiger partial charge in [0.25, 0.3) is 0 Å². The lowest BCUT2D eigenvalue weighted by Gasteiger charge is -2.47. The number of carbonyl (C=O) groups is 2. The lowest BCUT2D eigenvalue weighted by atomic mass is 9.96. The second kappa shape index (κ2) is 19.6. The second-order valence-corrected chi connectivity index (χ2v) is 16.1. The number of aliphatic carboxylic acids is 1. The summed E-state index contributed by atoms with van der Waals surface area (Å²) in [6.45, 7) is -0.204. The molecule has 12 N–H and O–H groups in total. The Morgan fingerprint density at radius 1 is 0.797 bits per heavy atom. The van der Waals surface area contributed by atoms with Gasteiger partial charge < -0.3 is 99.2 Å². The standard InChI is InChI=1S/C41H50O23/c1-14-37(33(52)36(55)40(59-14)64-38-23(12-42)61-39(56)34(53)32(38)51)63-41-35(54)31(50)30(49)24(62-41)13-58-22-7-15(4-5-57-21-11-20-18(8-19(21)43)10-26(46)60-20)6-16-2-3-17(9-25(44)45)28(47)27(16)29(22)48/h2-3,6-8,10,14,20-21,23-24,30-43,47,49-56H,4-5,9,11-13H2,1H3,(H,44,45). The topological polar surface area (TPSA) is 368 Å². The van der Waals surface area contributed by atoms with E-state index in [1.807, 2.05) is 0 Å². The molecule has 2 aromatic carbocycles. The number of phenols is 1. The molecule has 0 amide bonds. The Hall–Kier alpha value is -4.41. The fourth-order valence-electron chi connectivity index (χ4n) is 8.20. The van der Waals surface area contributed by atoms with Gasteiger partial charge in [-0.2, -0.15) is 0 Å². The van der Waals surface area contributed by atoms with Gasteiger partial charge in [-0.15, -0.1) is 0 Å². The first-order valence-electron chi connectivity index (χ1n) is 20.3. The minimum Gasteiger partial charge on any atom is -0.510 e. The van der Waals surface area contributed by atoms with E-state index in [4.69, 9.17) is 37.9 Å². The van der Waals surface area contributed by atoms with Gasteiger partial charge in [-0.3, -0.25) is 9.59 Å². The van der Waals surface area contributed by atoms with Crippen molar-refractivity contribution in [2.45, 2.75) is 131 Å². The molecule has 4 heterocycles. The summed E-state index contributed by atoms with van der Waals surface area (Å²) >= 11 is 0. The first kappa shape index (κ1) is 47.5. The van der Waals surface area contributed by atoms with Crippen LogP contribution in [0.2, 0.25) is 0 Å². The maximum Gasteiger partial charge on any atom is 0.331 e. The molecule has 23 heteroatoms. The summed E-state index contributed by atoms with van der Waals surface area (Å²) in [4.78, 5) is 37.3. The first-order valence-corrected chi connectivity index (χ1v) is 20.3. The number of carboxylic acids is 1. The summed E-state index contributed by atoms with van der Waals surface area (Å²) in [5.41, 5.74) is -0.102. The molecule has 64 heavy (non-hydrogen) atoms. The van der Waals surface area contributed by atoms with E-state index < -0.39 is 153 Å². The van der Waals surface area contributed by atoms with Crippen LogP contribution in [0.5, 0.6) is 11.5 Å². The van der Waals surface area contributed by atoms with Gasteiger partial charge in [0.15, 0.2) is 24.6 Å². The molecule has 17 atom stereocenters. The van der Waals surface area contributed by atoms with Crippen LogP contribution in [-0.4, -0.2) is 197 Å². The second-order valence-electron chi connectivity index (χ2n) is 16.1. The molecule has 1 aliphatic carbocycles. The normalized spacial score (nSPS) is 37.7. The number of hydrogen-bond donors (Lipinski definition) is 12. The van der Waals surface area contributed by atoms with Crippen molar-refractivity contribution in [3.05, 3.63) is 69.1 Å². The number of phenolic OH excluding ortho intramolecular Hbond substituents is 1. The number of carboxylic acid groups (broad SMARTS) is 1. The lowest BCUT2D eigenvalue weighted by Crippen LogP contribution is -2.65. The van der Waals surface area contributed by atoms with Crippen molar-refractivity contribution < 1.29 is 109 Å². The highest BCUT2D eigenvalue weighted by Gasteiger charge is 2.52. The molecule has 23 nitrogen and oxygen atoms in total. The van der Waals surface area contributed by atoms with Crippen LogP contribution >= 0.6 is 0 Å². The molecule has 3 saturated heterocycles. The fourth-order valence-corrected chi connectivity index (χ4v) is 8.20. The summed E-state index contributed by atoms with van der Waals surface area (Å²) in [6.07, 6.45) is -25.3. The van der Waals surface area contributed by atoms with Crippen molar-refractivity contribution in [3.8, 4) is 11.5 Å². The number of benzene rings is 1. The maximum absolute atomic E-state index is 14.1. The van der Waals surface area contributed by atoms with Crippen LogP contribution in [0, 0.1) is 0 Å². The summed E-state index contributed by atoms with van der Waals surface area (Å²) < 4.78 is 44.9. The Bertz CT molecular complexity index is 2160. The Morgan fingerprint density at radius 2 is 1.48 bits per heavy atom. The van der Waals surface area contributed by atoms with Crippen LogP contribution in [0.25, 0.3) is 10.8 Å². The highest BCUT2D eigenvalue weighted by molar-refractivity contribution is 5.91. The van der Waals surface area contributed by atoms with E-state index in [1.165, 1.54) is 43.3 Å². The number of fused-ring (bicyclic) bond motifs is 2. The fraction of sp³-hybridized carbons (Fsp3) is 0.585. The van der Waals surface area contributed by atoms with E-state index in [0.717, 1.165) is 0 Å². The summed E-state index contributed by atoms with van der Waals surface area (Å²) in [5.74, 6) is -3.04. The molecule has 0 radical (unpaired) electrons. The molecule has 5 aliphatic rings. The van der Waals surface area contributed by atoms with E-state index in [-0.39, 0.29) is 41.5 Å². The van der Waals surface area contributed by atoms with Gasteiger partial charge in [0.1, 0.15) is 97.5 Å². The highest BCUT2D eigenvalue weighted by atomic mass is 16.8. The number of aliphatic hydroxyl groups excluding tert-OH is 10. The first-order chi connectivity index (χ1) is 30.4. The molecule has 7 rings (SSSR count). The van der Waals surface area contributed by atoms with Gasteiger partial charge in [0.2, 0.25) is 5.43 Å². The van der Waals surface area contributed by atoms with E-state index in [1.54, 1.807) is 0 Å². The van der Waals surface area contributed by atoms with Gasteiger partial charge in [0.05, 0.1) is 31.1 Å². The smallest absolute Gasteiger partial charge is 0.331 e. The zero-order valence-electron chi connectivity index (χ0n) is 33.9. The van der Waals surface area contributed by atoms with Crippen molar-refractivity contribution in [1.29, 1.82) is 0 Å². The Labute approximate surface area is 362 Å². The molecular formula is C41H50O23. The van der Waals surface area contributed by atoms with Gasteiger partial charge in [-0.1, -0.05) is 18.2 Å². The van der Waals surface area contributed by atoms with Crippen molar-refractivity contribution in [2.24, 2.45) is 0 Å². The average molecular weight is 911 g/mol. The summed E-state index contributed by atoms with van der Waals surface area (Å²) in [6, 6.07) is 5.59. The summed E-state index contributed by atoms with van der Waals surface area (Å²) in [7, 11) is 0. The molecule has 0 spiro atoms. The Kier molecular flexibility index (Phi) is 14.6. The number of esters is 1. The maximum atomic E-state index is 14.1. The van der Waals surface area contributed by atoms with Crippen molar-refractivity contribution in [1.82, 2.24) is 0 Å². The van der Waals surface area contributed by atoms with Crippen LogP contribution in [0.15, 0.2) is 52.5 Å². The molecule has 352 valence electrons. The quantitative estimate of drug-likeness (QED) is 0.0804. The van der Waals surface area contributed by atoms with Crippen molar-refractivity contribution >= 4 is 22.7 Å². The van der Waals surface area contributed by atoms with Crippen LogP contribution < -0.4 is 10.2 Å². The highest BCUT2D eigenvalue weighted by Crippen LogP contribution is 2.34. The largest absolute Gasteiger partial charge is 0.510 e. The Morgan fingerprint density at radius 3 is 2.20 bits per heavy atom. The number of carbonyl (C=O) groups excluding carboxylic acids is 1. The molecule has 0 bridgehead atoms. The molecule has 0 saturated carbocycles. The average Bonchev–Trinajstić information content (AvgIpc) is 3.54. The van der Waals surface area contributed by atoms with E-state index >= 15 is 0 Å². The molecule has 0 aromatic heterocycles. The molecule has 4 aliphatic heterocycles. The van der Waals surface area contributed by atoms with E-state index in [0.29, 0.717) is 11.1 Å². The number of aliphatic hydroxyl groups is 10. The van der Waals surface area contributed by atoms with Gasteiger partial charge in [-0.05, 0) is 36.4 Å². The van der Waals surface area contributed by atoms with Crippen LogP contribution in [0.4, 0.5) is 0 Å². The van der Waals surface area contributed by atoms with Crippen molar-refractivity contribution in [2.75, 3.05) is 19.8 Å². The lowest BCUT2D eigenvalue weighted by molar-refractivity contribution is -0.374. The third-order valence-corrected chi connectivity index (χ3v) is 11.7. The molecular weight excluding hydrogens is 860 g/mol. The number of rotatable bonds is 14. The van der Waals surface area contributed by atoms with Gasteiger partial charge >= 0.3 is 11.9 Å². The third-order valence-electron chi connectivity index (χ3n) is 11.7. The zero-order valence-corrected chi connectivity index (χ0v) is 33.9. The minimum atomic E-state index is -1.98. The molecule has 3 fully saturated rings. The predicted molar refractivity (Wildman–Crippen MR) is 208 cm³/mol. The monoisotopic (exact) mass is 910 g/mol. The molecule has 17 unspecified atom stereocenters. The number of ether oxygens (including phenoxy) is 8. The SMILES string of the molecule is CC1OC(OC2C(CO)OC(O)C(O)C2O)C(O)C(O)C1OC1OC(COc2cc(CCOC3CC4OC(=O)C=C4C=C3O)cc3ccc(CC(=O)O)c(O)c3c2=O)C(O)C(O)C1O. The van der Waals surface area contributed by atoms with E-state index in [2.05, 4.69) is 0 Å². The molecule has 2 aromatic rings. The number of hydrogen-bond acceptors (Lipinski definition) is 22. The zero-order chi connectivity index (χ0) is 46.3. The summed E-state index contributed by atoms with van der Waals surface area (Å²) in [5, 5.41) is 126. The van der Waals surface area contributed by atoms with Crippen LogP contribution in [-0.2, 0) is 55.6 Å². The van der Waals surface area contributed by atoms with Gasteiger partial charge in [0, 0.05) is 23.6 Å². The predicted octanol–water partition coefficient (Wildman–Crippen LogP) is -3.99.